The topological polar surface area (TPSA) is 61.0 Å². The van der Waals surface area contributed by atoms with Gasteiger partial charge in [0, 0.05) is 0 Å². The average Bonchev–Trinajstić information content (AvgIpc) is 2.33. The monoisotopic (exact) mass is 289 g/mol. The third-order valence-corrected chi connectivity index (χ3v) is 2.33. The van der Waals surface area contributed by atoms with Crippen molar-refractivity contribution >= 4 is 17.3 Å². The number of hydrogen-bond acceptors (Lipinski definition) is 4. The molecule has 0 saturated heterocycles. The van der Waals surface area contributed by atoms with Crippen LogP contribution >= 0.6 is 11.6 Å². The number of nitrogens with zero attached hydrogens (tertiary/aromatic N) is 2. The highest BCUT2D eigenvalue weighted by Gasteiger charge is 2.30. The number of nitrogens with two attached hydrogens (primary N) is 1. The molecule has 0 unspecified atom stereocenters. The van der Waals surface area contributed by atoms with Crippen molar-refractivity contribution in [3.63, 3.8) is 0 Å². The van der Waals surface area contributed by atoms with Gasteiger partial charge in [-0.1, -0.05) is 0 Å². The standard InChI is InChI=1S/C11H7ClF3N3O/c12-10-17-5-8(16)9(18-10)19-7-3-1-6(2-4-7)11(13,14)15/h1-5H,16H2. The molecule has 4 nitrogen and oxygen atoms in total. The number of hydrogen-bond donors (Lipinski definition) is 1. The van der Waals surface area contributed by atoms with Crippen LogP contribution < -0.4 is 10.5 Å². The summed E-state index contributed by atoms with van der Waals surface area (Å²) in [5, 5.41) is -0.0730. The lowest BCUT2D eigenvalue weighted by Crippen LogP contribution is -2.04. The molecule has 8 heteroatoms. The number of halogens is 4. The van der Waals surface area contributed by atoms with Crippen molar-refractivity contribution in [3.05, 3.63) is 41.3 Å². The zero-order valence-corrected chi connectivity index (χ0v) is 10.0. The molecular formula is C11H7ClF3N3O. The molecule has 100 valence electrons. The van der Waals surface area contributed by atoms with E-state index >= 15 is 0 Å². The summed E-state index contributed by atoms with van der Waals surface area (Å²) in [5.41, 5.74) is 4.91. The fourth-order valence-electron chi connectivity index (χ4n) is 1.26. The molecule has 0 spiro atoms. The number of ether oxygens (including phenoxy) is 1. The van der Waals surface area contributed by atoms with Gasteiger partial charge in [-0.15, -0.1) is 0 Å². The summed E-state index contributed by atoms with van der Waals surface area (Å²) in [4.78, 5) is 7.35. The largest absolute Gasteiger partial charge is 0.437 e. The maximum Gasteiger partial charge on any atom is 0.416 e. The molecule has 0 amide bonds. The molecule has 1 heterocycles. The normalized spacial score (nSPS) is 11.4. The Kier molecular flexibility index (Phi) is 3.48. The van der Waals surface area contributed by atoms with E-state index < -0.39 is 11.7 Å². The van der Waals surface area contributed by atoms with E-state index in [9.17, 15) is 13.2 Å². The smallest absolute Gasteiger partial charge is 0.416 e. The highest BCUT2D eigenvalue weighted by Crippen LogP contribution is 2.32. The van der Waals surface area contributed by atoms with Crippen LogP contribution in [-0.4, -0.2) is 9.97 Å². The first kappa shape index (κ1) is 13.4. The van der Waals surface area contributed by atoms with E-state index in [0.29, 0.717) is 0 Å². The molecule has 0 aliphatic carbocycles. The Hall–Kier alpha value is -2.02. The van der Waals surface area contributed by atoms with Gasteiger partial charge in [-0.05, 0) is 35.9 Å². The number of anilines is 1. The molecule has 2 rings (SSSR count). The van der Waals surface area contributed by atoms with Gasteiger partial charge in [0.15, 0.2) is 0 Å². The first-order valence-electron chi connectivity index (χ1n) is 4.99. The second kappa shape index (κ2) is 4.93. The minimum absolute atomic E-state index is 0.0141. The van der Waals surface area contributed by atoms with Gasteiger partial charge in [0.2, 0.25) is 11.2 Å². The van der Waals surface area contributed by atoms with Crippen LogP contribution in [0, 0.1) is 0 Å². The van der Waals surface area contributed by atoms with E-state index in [-0.39, 0.29) is 22.6 Å². The van der Waals surface area contributed by atoms with Gasteiger partial charge in [-0.2, -0.15) is 18.2 Å². The van der Waals surface area contributed by atoms with E-state index in [1.807, 2.05) is 0 Å². The summed E-state index contributed by atoms with van der Waals surface area (Å²) < 4.78 is 42.3. The Morgan fingerprint density at radius 2 is 1.79 bits per heavy atom. The van der Waals surface area contributed by atoms with Crippen LogP contribution in [0.25, 0.3) is 0 Å². The van der Waals surface area contributed by atoms with Crippen LogP contribution in [0.5, 0.6) is 11.6 Å². The molecule has 2 aromatic rings. The van der Waals surface area contributed by atoms with Crippen LogP contribution in [0.15, 0.2) is 30.5 Å². The van der Waals surface area contributed by atoms with Gasteiger partial charge in [-0.25, -0.2) is 4.98 Å². The Morgan fingerprint density at radius 1 is 1.16 bits per heavy atom. The van der Waals surface area contributed by atoms with Gasteiger partial charge in [-0.3, -0.25) is 0 Å². The Bertz CT molecular complexity index is 587. The highest BCUT2D eigenvalue weighted by atomic mass is 35.5. The second-order valence-corrected chi connectivity index (χ2v) is 3.86. The summed E-state index contributed by atoms with van der Waals surface area (Å²) in [7, 11) is 0. The summed E-state index contributed by atoms with van der Waals surface area (Å²) >= 11 is 5.56. The van der Waals surface area contributed by atoms with Crippen molar-refractivity contribution in [1.29, 1.82) is 0 Å². The van der Waals surface area contributed by atoms with Crippen molar-refractivity contribution in [3.8, 4) is 11.6 Å². The van der Waals surface area contributed by atoms with Crippen LogP contribution in [0.4, 0.5) is 18.9 Å². The maximum absolute atomic E-state index is 12.4. The Morgan fingerprint density at radius 3 is 2.37 bits per heavy atom. The zero-order valence-electron chi connectivity index (χ0n) is 9.28. The number of benzene rings is 1. The lowest BCUT2D eigenvalue weighted by Gasteiger charge is -2.09. The molecule has 0 radical (unpaired) electrons. The van der Waals surface area contributed by atoms with Crippen molar-refractivity contribution < 1.29 is 17.9 Å². The van der Waals surface area contributed by atoms with Crippen LogP contribution in [-0.2, 0) is 6.18 Å². The number of aromatic nitrogens is 2. The zero-order chi connectivity index (χ0) is 14.0. The lowest BCUT2D eigenvalue weighted by atomic mass is 10.2. The maximum atomic E-state index is 12.4. The molecule has 0 saturated carbocycles. The molecule has 2 N–H and O–H groups in total. The second-order valence-electron chi connectivity index (χ2n) is 3.52. The van der Waals surface area contributed by atoms with Gasteiger partial charge < -0.3 is 10.5 Å². The van der Waals surface area contributed by atoms with Crippen molar-refractivity contribution in [1.82, 2.24) is 9.97 Å². The molecule has 19 heavy (non-hydrogen) atoms. The molecule has 0 bridgehead atoms. The fraction of sp³-hybridized carbons (Fsp3) is 0.0909. The first-order valence-corrected chi connectivity index (χ1v) is 5.37. The minimum atomic E-state index is -4.39. The molecular weight excluding hydrogens is 283 g/mol. The SMILES string of the molecule is Nc1cnc(Cl)nc1Oc1ccc(C(F)(F)F)cc1. The number of rotatable bonds is 2. The lowest BCUT2D eigenvalue weighted by molar-refractivity contribution is -0.137. The van der Waals surface area contributed by atoms with Crippen LogP contribution in [0.3, 0.4) is 0 Å². The average molecular weight is 290 g/mol. The van der Waals surface area contributed by atoms with Gasteiger partial charge in [0.1, 0.15) is 11.4 Å². The van der Waals surface area contributed by atoms with Crippen molar-refractivity contribution in [2.75, 3.05) is 5.73 Å². The Labute approximate surface area is 111 Å². The van der Waals surface area contributed by atoms with E-state index in [1.54, 1.807) is 0 Å². The van der Waals surface area contributed by atoms with E-state index in [2.05, 4.69) is 9.97 Å². The quantitative estimate of drug-likeness (QED) is 0.859. The first-order chi connectivity index (χ1) is 8.86. The fourth-order valence-corrected chi connectivity index (χ4v) is 1.39. The predicted molar refractivity (Wildman–Crippen MR) is 63.0 cm³/mol. The molecule has 0 atom stereocenters. The van der Waals surface area contributed by atoms with Crippen molar-refractivity contribution in [2.45, 2.75) is 6.18 Å². The van der Waals surface area contributed by atoms with Crippen molar-refractivity contribution in [2.24, 2.45) is 0 Å². The highest BCUT2D eigenvalue weighted by molar-refractivity contribution is 6.28. The Balaban J connectivity index is 2.22. The van der Waals surface area contributed by atoms with Crippen LogP contribution in [0.2, 0.25) is 5.28 Å². The van der Waals surface area contributed by atoms with Crippen LogP contribution in [0.1, 0.15) is 5.56 Å². The van der Waals surface area contributed by atoms with Gasteiger partial charge in [0.25, 0.3) is 0 Å². The summed E-state index contributed by atoms with van der Waals surface area (Å²) in [5.74, 6) is 0.147. The summed E-state index contributed by atoms with van der Waals surface area (Å²) in [6, 6.07) is 4.12. The van der Waals surface area contributed by atoms with E-state index in [4.69, 9.17) is 22.1 Å². The summed E-state index contributed by atoms with van der Waals surface area (Å²) in [6.45, 7) is 0. The van der Waals surface area contributed by atoms with E-state index in [1.165, 1.54) is 6.20 Å². The van der Waals surface area contributed by atoms with Gasteiger partial charge >= 0.3 is 6.18 Å². The molecule has 1 aromatic heterocycles. The third kappa shape index (κ3) is 3.25. The van der Waals surface area contributed by atoms with Gasteiger partial charge in [0.05, 0.1) is 11.8 Å². The van der Waals surface area contributed by atoms with E-state index in [0.717, 1.165) is 24.3 Å². The molecule has 1 aromatic carbocycles. The third-order valence-electron chi connectivity index (χ3n) is 2.15. The minimum Gasteiger partial charge on any atom is -0.437 e. The summed E-state index contributed by atoms with van der Waals surface area (Å²) in [6.07, 6.45) is -3.15. The number of alkyl halides is 3. The number of nitrogen functional groups attached to an aromatic ring is 1. The predicted octanol–water partition coefficient (Wildman–Crippen LogP) is 3.52. The molecule has 0 fully saturated rings. The molecule has 0 aliphatic rings. The molecule has 0 aliphatic heterocycles.